The Kier molecular flexibility index (Phi) is 9.90. The second kappa shape index (κ2) is 13.8. The molecule has 2 aliphatic rings. The van der Waals surface area contributed by atoms with E-state index in [2.05, 4.69) is 20.9 Å². The van der Waals surface area contributed by atoms with Gasteiger partial charge in [-0.25, -0.2) is 0 Å². The van der Waals surface area contributed by atoms with Gasteiger partial charge in [-0.2, -0.15) is 0 Å². The van der Waals surface area contributed by atoms with Crippen LogP contribution in [0.15, 0.2) is 60.7 Å². The van der Waals surface area contributed by atoms with E-state index < -0.39 is 0 Å². The number of halogens is 3. The lowest BCUT2D eigenvalue weighted by atomic mass is 10.1. The maximum atomic E-state index is 13.2. The number of rotatable bonds is 10. The topological polar surface area (TPSA) is 104 Å². The molecule has 3 aromatic rings. The summed E-state index contributed by atoms with van der Waals surface area (Å²) in [4.78, 5) is 42.9. The fourth-order valence-corrected chi connectivity index (χ4v) is 5.65. The van der Waals surface area contributed by atoms with Crippen LogP contribution >= 0.6 is 34.8 Å². The number of nitrogens with one attached hydrogen (secondary N) is 3. The van der Waals surface area contributed by atoms with Crippen LogP contribution in [0.4, 0.5) is 11.4 Å². The molecule has 1 atom stereocenters. The molecule has 2 heterocycles. The van der Waals surface area contributed by atoms with E-state index >= 15 is 0 Å². The molecule has 2 aliphatic heterocycles. The fourth-order valence-electron chi connectivity index (χ4n) is 4.95. The molecule has 0 spiro atoms. The third-order valence-corrected chi connectivity index (χ3v) is 8.28. The Balaban J connectivity index is 1.28. The Morgan fingerprint density at radius 1 is 0.857 bits per heavy atom. The number of carbonyl (C=O) groups excluding carboxylic acids is 3. The van der Waals surface area contributed by atoms with Gasteiger partial charge in [-0.05, 0) is 66.9 Å². The number of piperazine rings is 1. The molecule has 3 amide bonds. The van der Waals surface area contributed by atoms with Crippen LogP contribution in [0.3, 0.4) is 0 Å². The number of anilines is 2. The second-order valence-electron chi connectivity index (χ2n) is 10.4. The maximum Gasteiger partial charge on any atom is 0.255 e. The molecule has 0 aliphatic carbocycles. The van der Waals surface area contributed by atoms with Gasteiger partial charge in [0.05, 0.1) is 11.4 Å². The van der Waals surface area contributed by atoms with E-state index in [1.54, 1.807) is 48.5 Å². The van der Waals surface area contributed by atoms with Gasteiger partial charge in [0.25, 0.3) is 11.8 Å². The third kappa shape index (κ3) is 7.95. The summed E-state index contributed by atoms with van der Waals surface area (Å²) in [5, 5.41) is 10.7. The maximum absolute atomic E-state index is 13.2. The van der Waals surface area contributed by atoms with E-state index in [0.29, 0.717) is 83.5 Å². The number of hydrogen-bond acceptors (Lipinski definition) is 5. The van der Waals surface area contributed by atoms with Crippen molar-refractivity contribution in [2.75, 3.05) is 49.5 Å². The summed E-state index contributed by atoms with van der Waals surface area (Å²) in [5.74, 6) is -0.439. The fraction of sp³-hybridized carbons (Fsp3) is 0.323. The first-order valence-electron chi connectivity index (χ1n) is 14.0. The highest BCUT2D eigenvalue weighted by atomic mass is 35.5. The molecule has 2 saturated heterocycles. The summed E-state index contributed by atoms with van der Waals surface area (Å²) in [7, 11) is 0. The first-order chi connectivity index (χ1) is 20.3. The molecular weight excluding hydrogens is 597 g/mol. The Bertz CT molecular complexity index is 1470. The molecule has 220 valence electrons. The van der Waals surface area contributed by atoms with Gasteiger partial charge in [0.1, 0.15) is 0 Å². The predicted octanol–water partition coefficient (Wildman–Crippen LogP) is 5.27. The van der Waals surface area contributed by atoms with Gasteiger partial charge in [-0.15, -0.1) is 0 Å². The highest BCUT2D eigenvalue weighted by molar-refractivity contribution is 6.35. The van der Waals surface area contributed by atoms with Crippen LogP contribution in [0.2, 0.25) is 15.1 Å². The van der Waals surface area contributed by atoms with Crippen molar-refractivity contribution in [1.82, 2.24) is 15.5 Å². The minimum atomic E-state index is -0.337. The Hall–Kier alpha value is -3.30. The molecule has 5 rings (SSSR count). The van der Waals surface area contributed by atoms with Crippen LogP contribution in [0, 0.1) is 0 Å². The monoisotopic (exact) mass is 627 g/mol. The van der Waals surface area contributed by atoms with Crippen molar-refractivity contribution in [2.24, 2.45) is 0 Å². The predicted molar refractivity (Wildman–Crippen MR) is 168 cm³/mol. The van der Waals surface area contributed by atoms with Crippen LogP contribution < -0.4 is 20.9 Å². The van der Waals surface area contributed by atoms with Gasteiger partial charge < -0.3 is 25.8 Å². The third-order valence-electron chi connectivity index (χ3n) is 7.46. The van der Waals surface area contributed by atoms with Gasteiger partial charge in [-0.1, -0.05) is 46.9 Å². The summed E-state index contributed by atoms with van der Waals surface area (Å²) in [6.45, 7) is 3.78. The van der Waals surface area contributed by atoms with Crippen LogP contribution in [0.1, 0.15) is 39.1 Å². The molecule has 0 radical (unpaired) electrons. The SMILES string of the molecule is O=C(NCCc1ccc(Cl)cc1Cl)c1ccc(N2CCN(C(=O)CCC3CN3)CC2)c(NC(=O)c2cccc(Cl)c2)c1. The van der Waals surface area contributed by atoms with Crippen molar-refractivity contribution in [1.29, 1.82) is 0 Å². The largest absolute Gasteiger partial charge is 0.366 e. The van der Waals surface area contributed by atoms with E-state index in [1.165, 1.54) is 0 Å². The quantitative estimate of drug-likeness (QED) is 0.266. The van der Waals surface area contributed by atoms with Crippen molar-refractivity contribution >= 4 is 63.9 Å². The zero-order chi connectivity index (χ0) is 29.6. The molecule has 0 aromatic heterocycles. The van der Waals surface area contributed by atoms with Crippen LogP contribution in [0.25, 0.3) is 0 Å². The molecular formula is C31H32Cl3N5O3. The first-order valence-corrected chi connectivity index (χ1v) is 15.1. The van der Waals surface area contributed by atoms with Gasteiger partial charge in [-0.3, -0.25) is 14.4 Å². The summed E-state index contributed by atoms with van der Waals surface area (Å²) in [5.41, 5.74) is 2.98. The summed E-state index contributed by atoms with van der Waals surface area (Å²) >= 11 is 18.4. The number of nitrogens with zero attached hydrogens (tertiary/aromatic N) is 2. The standard InChI is InChI=1S/C31H32Cl3N5O3/c32-23-3-1-2-21(16-23)31(42)37-27-17-22(30(41)35-11-10-20-4-6-24(33)18-26(20)34)5-8-28(27)38-12-14-39(15-13-38)29(40)9-7-25-19-36-25/h1-6,8,16-18,25,36H,7,9-15,19H2,(H,35,41)(H,37,42). The van der Waals surface area contributed by atoms with Crippen LogP contribution in [0.5, 0.6) is 0 Å². The number of carbonyl (C=O) groups is 3. The average Bonchev–Trinajstić information content (AvgIpc) is 3.82. The number of amides is 3. The van der Waals surface area contributed by atoms with E-state index in [9.17, 15) is 14.4 Å². The zero-order valence-corrected chi connectivity index (χ0v) is 25.2. The molecule has 8 nitrogen and oxygen atoms in total. The van der Waals surface area contributed by atoms with Crippen molar-refractivity contribution in [3.63, 3.8) is 0 Å². The lowest BCUT2D eigenvalue weighted by Crippen LogP contribution is -2.49. The van der Waals surface area contributed by atoms with E-state index in [4.69, 9.17) is 34.8 Å². The Morgan fingerprint density at radius 3 is 2.31 bits per heavy atom. The Labute approximate surface area is 260 Å². The number of benzene rings is 3. The second-order valence-corrected chi connectivity index (χ2v) is 11.7. The van der Waals surface area contributed by atoms with Crippen molar-refractivity contribution in [3.05, 3.63) is 92.4 Å². The van der Waals surface area contributed by atoms with Crippen LogP contribution in [-0.2, 0) is 11.2 Å². The zero-order valence-electron chi connectivity index (χ0n) is 23.0. The lowest BCUT2D eigenvalue weighted by Gasteiger charge is -2.37. The van der Waals surface area contributed by atoms with Gasteiger partial charge in [0, 0.05) is 77.9 Å². The van der Waals surface area contributed by atoms with Gasteiger partial charge in [0.2, 0.25) is 5.91 Å². The van der Waals surface area contributed by atoms with Gasteiger partial charge in [0.15, 0.2) is 0 Å². The highest BCUT2D eigenvalue weighted by Crippen LogP contribution is 2.30. The van der Waals surface area contributed by atoms with Crippen molar-refractivity contribution < 1.29 is 14.4 Å². The number of hydrogen-bond donors (Lipinski definition) is 3. The summed E-state index contributed by atoms with van der Waals surface area (Å²) < 4.78 is 0. The molecule has 0 saturated carbocycles. The molecule has 2 fully saturated rings. The highest BCUT2D eigenvalue weighted by Gasteiger charge is 2.26. The Morgan fingerprint density at radius 2 is 1.60 bits per heavy atom. The first kappa shape index (κ1) is 30.2. The minimum Gasteiger partial charge on any atom is -0.366 e. The van der Waals surface area contributed by atoms with Crippen molar-refractivity contribution in [2.45, 2.75) is 25.3 Å². The lowest BCUT2D eigenvalue weighted by molar-refractivity contribution is -0.131. The normalized spacial score (nSPS) is 16.2. The van der Waals surface area contributed by atoms with Gasteiger partial charge >= 0.3 is 0 Å². The minimum absolute atomic E-state index is 0.171. The van der Waals surface area contributed by atoms with E-state index in [1.807, 2.05) is 17.0 Å². The average molecular weight is 629 g/mol. The van der Waals surface area contributed by atoms with E-state index in [-0.39, 0.29) is 17.7 Å². The van der Waals surface area contributed by atoms with E-state index in [0.717, 1.165) is 24.2 Å². The summed E-state index contributed by atoms with van der Waals surface area (Å²) in [6.07, 6.45) is 1.96. The smallest absolute Gasteiger partial charge is 0.255 e. The molecule has 0 bridgehead atoms. The molecule has 11 heteroatoms. The molecule has 3 N–H and O–H groups in total. The molecule has 42 heavy (non-hydrogen) atoms. The summed E-state index contributed by atoms with van der Waals surface area (Å²) in [6, 6.07) is 17.7. The molecule has 3 aromatic carbocycles. The molecule has 1 unspecified atom stereocenters. The van der Waals surface area contributed by atoms with Crippen molar-refractivity contribution in [3.8, 4) is 0 Å². The van der Waals surface area contributed by atoms with Crippen LogP contribution in [-0.4, -0.2) is 67.9 Å².